The normalized spacial score (nSPS) is 20.1. The van der Waals surface area contributed by atoms with Gasteiger partial charge < -0.3 is 40.3 Å². The van der Waals surface area contributed by atoms with Crippen molar-refractivity contribution in [3.05, 3.63) is 12.2 Å². The number of aliphatic hydroxyl groups is 5. The molecule has 0 radical (unpaired) electrons. The number of carbonyl (C=O) groups is 1. The van der Waals surface area contributed by atoms with Gasteiger partial charge in [-0.1, -0.05) is 264 Å². The number of allylic oxidation sites excluding steroid dienone is 1. The summed E-state index contributed by atoms with van der Waals surface area (Å²) in [6.07, 6.45) is 41.4. The average molecular weight is 1010 g/mol. The van der Waals surface area contributed by atoms with E-state index < -0.39 is 78.5 Å². The molecular weight excluding hydrogens is 899 g/mol. The maximum absolute atomic E-state index is 13.2. The van der Waals surface area contributed by atoms with Crippen molar-refractivity contribution in [3.8, 4) is 0 Å². The standard InChI is InChI=1S/C55H107NO12S/c1-3-5-7-9-11-13-15-17-19-21-23-24-26-27-29-31-33-35-37-39-41-43-48(58)47(46-66-55-52(61)53(68-69(63,64)65)51(60)50(45-57)67-55)56-54(62)49(59)44-42-40-38-36-34-32-30-28-25-22-20-18-16-14-12-10-8-6-4-2/h41,43,47-53,55,57-61H,3-40,42,44-46H2,1-2H3,(H,56,62)(H,63,64,65)/b43-41+. The molecule has 8 unspecified atom stereocenters. The third-order valence-electron chi connectivity index (χ3n) is 13.9. The number of carbonyl (C=O) groups excluding carboxylic acids is 1. The highest BCUT2D eigenvalue weighted by Gasteiger charge is 2.48. The van der Waals surface area contributed by atoms with Crippen LogP contribution in [0.25, 0.3) is 0 Å². The predicted molar refractivity (Wildman–Crippen MR) is 279 cm³/mol. The molecule has 8 atom stereocenters. The van der Waals surface area contributed by atoms with Crippen LogP contribution in [0.1, 0.15) is 271 Å². The molecule has 1 rings (SSSR count). The van der Waals surface area contributed by atoms with Gasteiger partial charge in [-0.15, -0.1) is 0 Å². The molecule has 13 nitrogen and oxygen atoms in total. The van der Waals surface area contributed by atoms with E-state index in [0.29, 0.717) is 12.8 Å². The summed E-state index contributed by atoms with van der Waals surface area (Å²) in [7, 11) is -5.12. The lowest BCUT2D eigenvalue weighted by molar-refractivity contribution is -0.298. The Morgan fingerprint density at radius 3 is 1.30 bits per heavy atom. The first-order valence-corrected chi connectivity index (χ1v) is 30.0. The molecule has 14 heteroatoms. The molecule has 1 aliphatic rings. The number of aliphatic hydroxyl groups excluding tert-OH is 5. The van der Waals surface area contributed by atoms with E-state index in [2.05, 4.69) is 23.3 Å². The Bertz CT molecular complexity index is 1290. The number of hydrogen-bond acceptors (Lipinski definition) is 11. The Hall–Kier alpha value is -1.20. The zero-order chi connectivity index (χ0) is 50.6. The van der Waals surface area contributed by atoms with E-state index in [1.54, 1.807) is 6.08 Å². The molecule has 1 heterocycles. The summed E-state index contributed by atoms with van der Waals surface area (Å²) in [5.74, 6) is -0.696. The zero-order valence-electron chi connectivity index (χ0n) is 44.0. The molecule has 0 bridgehead atoms. The number of amides is 1. The van der Waals surface area contributed by atoms with Crippen LogP contribution in [0.2, 0.25) is 0 Å². The quantitative estimate of drug-likeness (QED) is 0.0172. The summed E-state index contributed by atoms with van der Waals surface area (Å²) in [5.41, 5.74) is 0. The molecule has 1 fully saturated rings. The molecule has 0 aromatic heterocycles. The molecule has 0 aromatic rings. The Labute approximate surface area is 422 Å². The minimum Gasteiger partial charge on any atom is -0.394 e. The van der Waals surface area contributed by atoms with Gasteiger partial charge in [0.25, 0.3) is 0 Å². The fourth-order valence-electron chi connectivity index (χ4n) is 9.41. The van der Waals surface area contributed by atoms with Gasteiger partial charge in [0.05, 0.1) is 25.4 Å². The monoisotopic (exact) mass is 1010 g/mol. The lowest BCUT2D eigenvalue weighted by Crippen LogP contribution is -2.61. The van der Waals surface area contributed by atoms with E-state index >= 15 is 0 Å². The van der Waals surface area contributed by atoms with E-state index in [1.807, 2.05) is 6.08 Å². The molecule has 69 heavy (non-hydrogen) atoms. The minimum absolute atomic E-state index is 0.249. The SMILES string of the molecule is CCCCCCCCCCCCCCCCCCCCC/C=C/C(O)C(COC1OC(CO)C(O)C(OS(=O)(=O)O)C1O)NC(=O)C(O)CCCCCCCCCCCCCCCCCCCCC. The summed E-state index contributed by atoms with van der Waals surface area (Å²) in [4.78, 5) is 13.2. The van der Waals surface area contributed by atoms with Gasteiger partial charge in [0.15, 0.2) is 6.29 Å². The number of nitrogens with one attached hydrogen (secondary N) is 1. The molecule has 0 aromatic carbocycles. The third kappa shape index (κ3) is 37.2. The van der Waals surface area contributed by atoms with Crippen LogP contribution >= 0.6 is 0 Å². The average Bonchev–Trinajstić information content (AvgIpc) is 3.32. The first kappa shape index (κ1) is 65.8. The summed E-state index contributed by atoms with van der Waals surface area (Å²) >= 11 is 0. The Morgan fingerprint density at radius 2 is 0.942 bits per heavy atom. The van der Waals surface area contributed by atoms with E-state index in [4.69, 9.17) is 9.47 Å². The van der Waals surface area contributed by atoms with Gasteiger partial charge in [0.2, 0.25) is 5.91 Å². The van der Waals surface area contributed by atoms with E-state index in [0.717, 1.165) is 38.5 Å². The molecule has 7 N–H and O–H groups in total. The topological polar surface area (TPSA) is 212 Å². The second-order valence-corrected chi connectivity index (χ2v) is 21.4. The predicted octanol–water partition coefficient (Wildman–Crippen LogP) is 12.0. The Balaban J connectivity index is 2.44. The number of hydrogen-bond donors (Lipinski definition) is 7. The van der Waals surface area contributed by atoms with Gasteiger partial charge in [-0.25, -0.2) is 4.18 Å². The van der Waals surface area contributed by atoms with Gasteiger partial charge in [-0.3, -0.25) is 9.35 Å². The van der Waals surface area contributed by atoms with Gasteiger partial charge in [-0.05, 0) is 19.3 Å². The second kappa shape index (κ2) is 45.4. The molecule has 0 saturated carbocycles. The maximum Gasteiger partial charge on any atom is 0.397 e. The van der Waals surface area contributed by atoms with Crippen molar-refractivity contribution in [2.45, 2.75) is 320 Å². The highest BCUT2D eigenvalue weighted by Crippen LogP contribution is 2.26. The summed E-state index contributed by atoms with van der Waals surface area (Å²) in [6, 6.07) is -1.12. The molecule has 1 aliphatic heterocycles. The lowest BCUT2D eigenvalue weighted by Gasteiger charge is -2.41. The first-order valence-electron chi connectivity index (χ1n) is 28.7. The highest BCUT2D eigenvalue weighted by molar-refractivity contribution is 7.80. The van der Waals surface area contributed by atoms with Crippen LogP contribution in [0.5, 0.6) is 0 Å². The summed E-state index contributed by atoms with van der Waals surface area (Å²) in [5, 5.41) is 55.5. The lowest BCUT2D eigenvalue weighted by atomic mass is 9.99. The van der Waals surface area contributed by atoms with Crippen LogP contribution in [0, 0.1) is 0 Å². The largest absolute Gasteiger partial charge is 0.397 e. The smallest absolute Gasteiger partial charge is 0.394 e. The van der Waals surface area contributed by atoms with Gasteiger partial charge in [0, 0.05) is 0 Å². The second-order valence-electron chi connectivity index (χ2n) is 20.4. The van der Waals surface area contributed by atoms with Crippen LogP contribution in [0.4, 0.5) is 0 Å². The van der Waals surface area contributed by atoms with Crippen molar-refractivity contribution in [3.63, 3.8) is 0 Å². The molecule has 0 spiro atoms. The Kier molecular flexibility index (Phi) is 43.3. The van der Waals surface area contributed by atoms with Crippen molar-refractivity contribution in [2.75, 3.05) is 13.2 Å². The maximum atomic E-state index is 13.2. The fourth-order valence-corrected chi connectivity index (χ4v) is 9.91. The first-order chi connectivity index (χ1) is 33.4. The number of unbranched alkanes of at least 4 members (excludes halogenated alkanes) is 37. The van der Waals surface area contributed by atoms with Crippen molar-refractivity contribution in [1.29, 1.82) is 0 Å². The number of ether oxygens (including phenoxy) is 2. The Morgan fingerprint density at radius 1 is 0.580 bits per heavy atom. The van der Waals surface area contributed by atoms with Crippen molar-refractivity contribution >= 4 is 16.3 Å². The van der Waals surface area contributed by atoms with Crippen LogP contribution in [-0.2, 0) is 28.9 Å². The van der Waals surface area contributed by atoms with Crippen molar-refractivity contribution in [1.82, 2.24) is 5.32 Å². The molecule has 1 saturated heterocycles. The van der Waals surface area contributed by atoms with Crippen molar-refractivity contribution in [2.24, 2.45) is 0 Å². The minimum atomic E-state index is -5.12. The van der Waals surface area contributed by atoms with Gasteiger partial charge in [-0.2, -0.15) is 8.42 Å². The van der Waals surface area contributed by atoms with Crippen LogP contribution < -0.4 is 5.32 Å². The summed E-state index contributed by atoms with van der Waals surface area (Å²) in [6.45, 7) is 3.27. The highest BCUT2D eigenvalue weighted by atomic mass is 32.3. The molecule has 1 amide bonds. The van der Waals surface area contributed by atoms with Crippen LogP contribution in [0.3, 0.4) is 0 Å². The zero-order valence-corrected chi connectivity index (χ0v) is 44.8. The van der Waals surface area contributed by atoms with Crippen LogP contribution in [-0.4, -0.2) is 107 Å². The van der Waals surface area contributed by atoms with E-state index in [-0.39, 0.29) is 6.42 Å². The van der Waals surface area contributed by atoms with Gasteiger partial charge in [0.1, 0.15) is 30.5 Å². The van der Waals surface area contributed by atoms with Gasteiger partial charge >= 0.3 is 10.4 Å². The van der Waals surface area contributed by atoms with E-state index in [1.165, 1.54) is 199 Å². The summed E-state index contributed by atoms with van der Waals surface area (Å²) < 4.78 is 47.8. The molecular formula is C55H107NO12S. The molecule has 410 valence electrons. The van der Waals surface area contributed by atoms with Crippen molar-refractivity contribution < 1.29 is 57.0 Å². The van der Waals surface area contributed by atoms with E-state index in [9.17, 15) is 43.3 Å². The fraction of sp³-hybridized carbons (Fsp3) is 0.945. The third-order valence-corrected chi connectivity index (χ3v) is 14.4. The number of rotatable bonds is 50. The molecule has 0 aliphatic carbocycles. The van der Waals surface area contributed by atoms with Crippen LogP contribution in [0.15, 0.2) is 12.2 Å².